The maximum Gasteiger partial charge on any atom is 0.307 e. The van der Waals surface area contributed by atoms with Crippen LogP contribution >= 0.6 is 0 Å². The zero-order chi connectivity index (χ0) is 14.0. The van der Waals surface area contributed by atoms with E-state index >= 15 is 0 Å². The van der Waals surface area contributed by atoms with Gasteiger partial charge in [0, 0.05) is 0 Å². The Morgan fingerprint density at radius 2 is 2.32 bits per heavy atom. The summed E-state index contributed by atoms with van der Waals surface area (Å²) in [5, 5.41) is 20.5. The summed E-state index contributed by atoms with van der Waals surface area (Å²) in [6.07, 6.45) is 2.27. The highest BCUT2D eigenvalue weighted by molar-refractivity contribution is 5.91. The molecule has 100 valence electrons. The van der Waals surface area contributed by atoms with Crippen LogP contribution in [0.4, 0.5) is 11.4 Å². The van der Waals surface area contributed by atoms with E-state index in [0.717, 1.165) is 6.20 Å². The van der Waals surface area contributed by atoms with Gasteiger partial charge in [0.2, 0.25) is 5.91 Å². The molecule has 9 nitrogen and oxygen atoms in total. The van der Waals surface area contributed by atoms with Crippen LogP contribution in [-0.2, 0) is 11.3 Å². The summed E-state index contributed by atoms with van der Waals surface area (Å²) in [6, 6.07) is 0. The molecule has 0 aliphatic carbocycles. The molecule has 0 spiro atoms. The van der Waals surface area contributed by atoms with E-state index in [-0.39, 0.29) is 18.1 Å². The first-order chi connectivity index (χ1) is 8.97. The first-order valence-electron chi connectivity index (χ1n) is 5.37. The number of carbonyl (C=O) groups excluding carboxylic acids is 1. The molecule has 9 heteroatoms. The molecular weight excluding hydrogens is 254 g/mol. The van der Waals surface area contributed by atoms with Crippen LogP contribution in [0.15, 0.2) is 16.9 Å². The third-order valence-corrected chi connectivity index (χ3v) is 2.43. The summed E-state index contributed by atoms with van der Waals surface area (Å²) in [4.78, 5) is 21.7. The summed E-state index contributed by atoms with van der Waals surface area (Å²) in [5.41, 5.74) is 0.911. The lowest BCUT2D eigenvalue weighted by atomic mass is 10.3. The minimum Gasteiger partial charge on any atom is -0.359 e. The lowest BCUT2D eigenvalue weighted by molar-refractivity contribution is -0.385. The van der Waals surface area contributed by atoms with Crippen molar-refractivity contribution in [1.29, 1.82) is 0 Å². The third kappa shape index (κ3) is 2.76. The van der Waals surface area contributed by atoms with Crippen molar-refractivity contribution in [3.05, 3.63) is 34.0 Å². The lowest BCUT2D eigenvalue weighted by Gasteiger charge is -2.03. The number of carbonyl (C=O) groups is 1. The van der Waals surface area contributed by atoms with Gasteiger partial charge in [0.1, 0.15) is 30.3 Å². The van der Waals surface area contributed by atoms with E-state index in [2.05, 4.69) is 15.6 Å². The SMILES string of the molecule is Cc1noc(C)c1NC(=O)Cn1cc([N+](=O)[O-])cn1. The van der Waals surface area contributed by atoms with Crippen LogP contribution in [0.25, 0.3) is 0 Å². The Bertz CT molecular complexity index is 610. The topological polar surface area (TPSA) is 116 Å². The Balaban J connectivity index is 2.03. The second-order valence-corrected chi connectivity index (χ2v) is 3.90. The van der Waals surface area contributed by atoms with E-state index in [9.17, 15) is 14.9 Å². The van der Waals surface area contributed by atoms with E-state index < -0.39 is 4.92 Å². The first kappa shape index (κ1) is 12.7. The van der Waals surface area contributed by atoms with Crippen molar-refractivity contribution in [2.75, 3.05) is 5.32 Å². The molecule has 0 aromatic carbocycles. The van der Waals surface area contributed by atoms with Crippen LogP contribution in [0.2, 0.25) is 0 Å². The van der Waals surface area contributed by atoms with Gasteiger partial charge in [0.25, 0.3) is 0 Å². The van der Waals surface area contributed by atoms with Gasteiger partial charge in [0.15, 0.2) is 5.76 Å². The van der Waals surface area contributed by atoms with Crippen molar-refractivity contribution in [2.45, 2.75) is 20.4 Å². The standard InChI is InChI=1S/C10H11N5O4/c1-6-10(7(2)19-13-6)12-9(16)5-14-4-8(3-11-14)15(17)18/h3-4H,5H2,1-2H3,(H,12,16). The smallest absolute Gasteiger partial charge is 0.307 e. The Morgan fingerprint density at radius 1 is 1.58 bits per heavy atom. The van der Waals surface area contributed by atoms with Gasteiger partial charge in [-0.15, -0.1) is 0 Å². The molecule has 2 heterocycles. The molecule has 0 saturated carbocycles. The highest BCUT2D eigenvalue weighted by Crippen LogP contribution is 2.18. The summed E-state index contributed by atoms with van der Waals surface area (Å²) >= 11 is 0. The molecule has 2 rings (SSSR count). The van der Waals surface area contributed by atoms with Crippen molar-refractivity contribution in [1.82, 2.24) is 14.9 Å². The highest BCUT2D eigenvalue weighted by Gasteiger charge is 2.14. The molecule has 0 aliphatic rings. The monoisotopic (exact) mass is 265 g/mol. The maximum atomic E-state index is 11.8. The van der Waals surface area contributed by atoms with Gasteiger partial charge in [-0.05, 0) is 13.8 Å². The number of hydrogen-bond donors (Lipinski definition) is 1. The fourth-order valence-corrected chi connectivity index (χ4v) is 1.52. The number of amides is 1. The van der Waals surface area contributed by atoms with Crippen LogP contribution in [0.3, 0.4) is 0 Å². The Morgan fingerprint density at radius 3 is 2.84 bits per heavy atom. The summed E-state index contributed by atoms with van der Waals surface area (Å²) in [5.74, 6) is 0.129. The summed E-state index contributed by atoms with van der Waals surface area (Å²) in [6.45, 7) is 3.25. The molecule has 0 atom stereocenters. The number of hydrogen-bond acceptors (Lipinski definition) is 6. The van der Waals surface area contributed by atoms with E-state index in [1.54, 1.807) is 13.8 Å². The molecule has 0 bridgehead atoms. The van der Waals surface area contributed by atoms with Gasteiger partial charge in [-0.25, -0.2) is 0 Å². The van der Waals surface area contributed by atoms with Gasteiger partial charge < -0.3 is 9.84 Å². The summed E-state index contributed by atoms with van der Waals surface area (Å²) in [7, 11) is 0. The molecule has 19 heavy (non-hydrogen) atoms. The number of aryl methyl sites for hydroxylation is 2. The fourth-order valence-electron chi connectivity index (χ4n) is 1.52. The van der Waals surface area contributed by atoms with Crippen molar-refractivity contribution in [3.8, 4) is 0 Å². The van der Waals surface area contributed by atoms with Crippen molar-refractivity contribution >= 4 is 17.3 Å². The van der Waals surface area contributed by atoms with Gasteiger partial charge in [-0.2, -0.15) is 5.10 Å². The van der Waals surface area contributed by atoms with Crippen LogP contribution in [-0.4, -0.2) is 25.8 Å². The number of nitrogens with one attached hydrogen (secondary N) is 1. The van der Waals surface area contributed by atoms with Crippen LogP contribution in [0, 0.1) is 24.0 Å². The molecule has 0 aliphatic heterocycles. The van der Waals surface area contributed by atoms with E-state index in [1.165, 1.54) is 10.9 Å². The minimum absolute atomic E-state index is 0.127. The molecule has 1 amide bonds. The van der Waals surface area contributed by atoms with Crippen LogP contribution in [0.5, 0.6) is 0 Å². The number of rotatable bonds is 4. The van der Waals surface area contributed by atoms with Gasteiger partial charge in [0.05, 0.1) is 4.92 Å². The average molecular weight is 265 g/mol. The van der Waals surface area contributed by atoms with Crippen molar-refractivity contribution in [3.63, 3.8) is 0 Å². The maximum absolute atomic E-state index is 11.8. The zero-order valence-corrected chi connectivity index (χ0v) is 10.3. The molecule has 1 N–H and O–H groups in total. The highest BCUT2D eigenvalue weighted by atomic mass is 16.6. The number of anilines is 1. The number of nitrogens with zero attached hydrogens (tertiary/aromatic N) is 4. The molecule has 0 fully saturated rings. The number of nitro groups is 1. The van der Waals surface area contributed by atoms with Gasteiger partial charge >= 0.3 is 5.69 Å². The Hall–Kier alpha value is -2.71. The van der Waals surface area contributed by atoms with E-state index in [4.69, 9.17) is 4.52 Å². The fraction of sp³-hybridized carbons (Fsp3) is 0.300. The quantitative estimate of drug-likeness (QED) is 0.652. The Kier molecular flexibility index (Phi) is 3.27. The molecule has 2 aromatic rings. The molecule has 0 radical (unpaired) electrons. The van der Waals surface area contributed by atoms with E-state index in [0.29, 0.717) is 17.1 Å². The predicted molar refractivity (Wildman–Crippen MR) is 63.5 cm³/mol. The third-order valence-electron chi connectivity index (χ3n) is 2.43. The van der Waals surface area contributed by atoms with Crippen molar-refractivity contribution < 1.29 is 14.2 Å². The second-order valence-electron chi connectivity index (χ2n) is 3.90. The predicted octanol–water partition coefficient (Wildman–Crippen LogP) is 1.03. The average Bonchev–Trinajstić information content (AvgIpc) is 2.91. The normalized spacial score (nSPS) is 10.4. The van der Waals surface area contributed by atoms with Crippen LogP contribution < -0.4 is 5.32 Å². The largest absolute Gasteiger partial charge is 0.359 e. The second kappa shape index (κ2) is 4.88. The van der Waals surface area contributed by atoms with Gasteiger partial charge in [-0.1, -0.05) is 5.16 Å². The summed E-state index contributed by atoms with van der Waals surface area (Å²) < 4.78 is 6.09. The van der Waals surface area contributed by atoms with Crippen molar-refractivity contribution in [2.24, 2.45) is 0 Å². The van der Waals surface area contributed by atoms with E-state index in [1.807, 2.05) is 0 Å². The lowest BCUT2D eigenvalue weighted by Crippen LogP contribution is -2.19. The molecule has 2 aromatic heterocycles. The zero-order valence-electron chi connectivity index (χ0n) is 10.3. The molecule has 0 saturated heterocycles. The Labute approximate surface area is 107 Å². The van der Waals surface area contributed by atoms with Gasteiger partial charge in [-0.3, -0.25) is 19.6 Å². The number of aromatic nitrogens is 3. The molecule has 0 unspecified atom stereocenters. The van der Waals surface area contributed by atoms with Crippen LogP contribution in [0.1, 0.15) is 11.5 Å². The minimum atomic E-state index is -0.574. The first-order valence-corrected chi connectivity index (χ1v) is 5.37. The molecular formula is C10H11N5O4.